The van der Waals surface area contributed by atoms with Gasteiger partial charge in [0, 0.05) is 31.0 Å². The molecule has 1 aromatic carbocycles. The van der Waals surface area contributed by atoms with Crippen molar-refractivity contribution < 1.29 is 19.0 Å². The second kappa shape index (κ2) is 9.32. The van der Waals surface area contributed by atoms with Crippen LogP contribution >= 0.6 is 0 Å². The number of rotatable bonds is 4. The molecule has 0 unspecified atom stereocenters. The lowest BCUT2D eigenvalue weighted by molar-refractivity contribution is 0.0673. The molecule has 1 atom stereocenters. The van der Waals surface area contributed by atoms with Crippen molar-refractivity contribution in [2.75, 3.05) is 50.3 Å². The number of hydrogen-bond acceptors (Lipinski definition) is 8. The van der Waals surface area contributed by atoms with Crippen molar-refractivity contribution in [3.05, 3.63) is 30.5 Å². The molecule has 0 radical (unpaired) electrons. The highest BCUT2D eigenvalue weighted by Crippen LogP contribution is 2.32. The first-order valence-electron chi connectivity index (χ1n) is 11.3. The van der Waals surface area contributed by atoms with E-state index in [2.05, 4.69) is 21.9 Å². The molecule has 0 aliphatic carbocycles. The third-order valence-corrected chi connectivity index (χ3v) is 6.19. The smallest absolute Gasteiger partial charge is 0.411 e. The van der Waals surface area contributed by atoms with Crippen LogP contribution < -0.4 is 10.2 Å². The Morgan fingerprint density at radius 1 is 1.12 bits per heavy atom. The summed E-state index contributed by atoms with van der Waals surface area (Å²) in [6.07, 6.45) is 3.17. The normalized spacial score (nSPS) is 19.6. The van der Waals surface area contributed by atoms with Crippen molar-refractivity contribution in [3.63, 3.8) is 0 Å². The van der Waals surface area contributed by atoms with Gasteiger partial charge in [0.1, 0.15) is 0 Å². The van der Waals surface area contributed by atoms with E-state index in [1.807, 2.05) is 35.1 Å². The fourth-order valence-electron chi connectivity index (χ4n) is 4.36. The van der Waals surface area contributed by atoms with Gasteiger partial charge in [0.25, 0.3) is 0 Å². The average Bonchev–Trinajstić information content (AvgIpc) is 3.29. The van der Waals surface area contributed by atoms with Crippen LogP contribution in [0.15, 0.2) is 30.5 Å². The maximum Gasteiger partial charge on any atom is 0.411 e. The maximum absolute atomic E-state index is 11.5. The van der Waals surface area contributed by atoms with Gasteiger partial charge in [-0.2, -0.15) is 10.1 Å². The first-order valence-corrected chi connectivity index (χ1v) is 11.3. The molecule has 3 aromatic rings. The number of aromatic nitrogens is 4. The molecule has 1 N–H and O–H groups in total. The van der Waals surface area contributed by atoms with Gasteiger partial charge < -0.3 is 19.1 Å². The van der Waals surface area contributed by atoms with E-state index >= 15 is 0 Å². The zero-order chi connectivity index (χ0) is 22.8. The van der Waals surface area contributed by atoms with Gasteiger partial charge in [0.2, 0.25) is 5.95 Å². The molecule has 1 amide bonds. The summed E-state index contributed by atoms with van der Waals surface area (Å²) in [6, 6.07) is 7.97. The number of hydrogen-bond donors (Lipinski definition) is 1. The molecule has 33 heavy (non-hydrogen) atoms. The molecule has 0 bridgehead atoms. The molecule has 2 fully saturated rings. The highest BCUT2D eigenvalue weighted by atomic mass is 16.5. The van der Waals surface area contributed by atoms with Crippen molar-refractivity contribution in [2.24, 2.45) is 0 Å². The fraction of sp³-hybridized carbons (Fsp3) is 0.478. The Bertz CT molecular complexity index is 1130. The van der Waals surface area contributed by atoms with Gasteiger partial charge in [-0.25, -0.2) is 14.5 Å². The van der Waals surface area contributed by atoms with E-state index in [-0.39, 0.29) is 12.1 Å². The van der Waals surface area contributed by atoms with Crippen LogP contribution in [0.25, 0.3) is 22.3 Å². The Hall–Kier alpha value is -3.24. The van der Waals surface area contributed by atoms with Gasteiger partial charge in [-0.1, -0.05) is 12.1 Å². The van der Waals surface area contributed by atoms with E-state index < -0.39 is 6.09 Å². The van der Waals surface area contributed by atoms with Crippen LogP contribution in [0, 0.1) is 0 Å². The lowest BCUT2D eigenvalue weighted by Gasteiger charge is -2.33. The monoisotopic (exact) mass is 452 g/mol. The molecule has 2 aromatic heterocycles. The molecular formula is C23H28N6O4. The number of morpholine rings is 1. The summed E-state index contributed by atoms with van der Waals surface area (Å²) < 4.78 is 17.9. The second-order valence-corrected chi connectivity index (χ2v) is 8.35. The molecule has 10 nitrogen and oxygen atoms in total. The molecular weight excluding hydrogens is 424 g/mol. The van der Waals surface area contributed by atoms with Crippen LogP contribution in [0.1, 0.15) is 25.8 Å². The van der Waals surface area contributed by atoms with E-state index in [1.54, 1.807) is 0 Å². The van der Waals surface area contributed by atoms with Crippen LogP contribution in [-0.2, 0) is 14.2 Å². The van der Waals surface area contributed by atoms with Gasteiger partial charge in [0.05, 0.1) is 49.7 Å². The predicted octanol–water partition coefficient (Wildman–Crippen LogP) is 3.25. The van der Waals surface area contributed by atoms with E-state index in [0.29, 0.717) is 24.8 Å². The van der Waals surface area contributed by atoms with Gasteiger partial charge in [-0.05, 0) is 31.9 Å². The standard InChI is InChI=1S/C23H28N6O4/c1-15-14-33-12-9-28(15)22-26-20(16-3-5-17(6-4-16)25-23(30)31-2)19-13-24-29(21(19)27-22)18-7-10-32-11-8-18/h3-6,13,15,18H,7-12,14H2,1-2H3,(H,25,30)/t15-/m1/s1. The summed E-state index contributed by atoms with van der Waals surface area (Å²) in [6.45, 7) is 5.60. The van der Waals surface area contributed by atoms with Crippen LogP contribution in [0.5, 0.6) is 0 Å². The number of carbonyl (C=O) groups excluding carboxylic acids is 1. The number of nitrogens with one attached hydrogen (secondary N) is 1. The number of methoxy groups -OCH3 is 1. The number of nitrogens with zero attached hydrogens (tertiary/aromatic N) is 5. The Balaban J connectivity index is 1.59. The quantitative estimate of drug-likeness (QED) is 0.643. The summed E-state index contributed by atoms with van der Waals surface area (Å²) >= 11 is 0. The Labute approximate surface area is 191 Å². The van der Waals surface area contributed by atoms with Crippen molar-refractivity contribution in [1.29, 1.82) is 0 Å². The first kappa shape index (κ1) is 21.6. The topological polar surface area (TPSA) is 104 Å². The van der Waals surface area contributed by atoms with Crippen molar-refractivity contribution >= 4 is 28.8 Å². The number of fused-ring (bicyclic) bond motifs is 1. The summed E-state index contributed by atoms with van der Waals surface area (Å²) in [7, 11) is 1.34. The van der Waals surface area contributed by atoms with Crippen LogP contribution in [0.3, 0.4) is 0 Å². The molecule has 2 aliphatic rings. The molecule has 0 saturated carbocycles. The molecule has 5 rings (SSSR count). The van der Waals surface area contributed by atoms with Gasteiger partial charge >= 0.3 is 6.09 Å². The summed E-state index contributed by atoms with van der Waals surface area (Å²) in [5.74, 6) is 0.680. The Kier molecular flexibility index (Phi) is 6.10. The lowest BCUT2D eigenvalue weighted by Crippen LogP contribution is -2.44. The first-order chi connectivity index (χ1) is 16.1. The summed E-state index contributed by atoms with van der Waals surface area (Å²) in [4.78, 5) is 23.7. The minimum atomic E-state index is -0.506. The third kappa shape index (κ3) is 4.36. The van der Waals surface area contributed by atoms with E-state index in [1.165, 1.54) is 7.11 Å². The molecule has 2 aliphatic heterocycles. The SMILES string of the molecule is COC(=O)Nc1ccc(-c2nc(N3CCOC[C@H]3C)nc3c2cnn3C2CCOCC2)cc1. The summed E-state index contributed by atoms with van der Waals surface area (Å²) in [5.41, 5.74) is 3.22. The molecule has 10 heteroatoms. The van der Waals surface area contributed by atoms with Crippen molar-refractivity contribution in [3.8, 4) is 11.3 Å². The number of anilines is 2. The number of benzene rings is 1. The van der Waals surface area contributed by atoms with Gasteiger partial charge in [-0.3, -0.25) is 5.32 Å². The van der Waals surface area contributed by atoms with Crippen molar-refractivity contribution in [1.82, 2.24) is 19.7 Å². The minimum absolute atomic E-state index is 0.176. The molecule has 2 saturated heterocycles. The number of amides is 1. The van der Waals surface area contributed by atoms with Crippen LogP contribution in [0.2, 0.25) is 0 Å². The van der Waals surface area contributed by atoms with Crippen LogP contribution in [-0.4, -0.2) is 72.0 Å². The Morgan fingerprint density at radius 3 is 2.64 bits per heavy atom. The number of carbonyl (C=O) groups is 1. The van der Waals surface area contributed by atoms with E-state index in [4.69, 9.17) is 24.5 Å². The predicted molar refractivity (Wildman–Crippen MR) is 124 cm³/mol. The lowest BCUT2D eigenvalue weighted by atomic mass is 10.1. The Morgan fingerprint density at radius 2 is 1.91 bits per heavy atom. The van der Waals surface area contributed by atoms with Crippen molar-refractivity contribution in [2.45, 2.75) is 31.8 Å². The third-order valence-electron chi connectivity index (χ3n) is 6.19. The zero-order valence-corrected chi connectivity index (χ0v) is 18.9. The number of ether oxygens (including phenoxy) is 3. The average molecular weight is 453 g/mol. The largest absolute Gasteiger partial charge is 0.453 e. The minimum Gasteiger partial charge on any atom is -0.453 e. The fourth-order valence-corrected chi connectivity index (χ4v) is 4.36. The molecule has 0 spiro atoms. The van der Waals surface area contributed by atoms with E-state index in [0.717, 1.165) is 54.9 Å². The van der Waals surface area contributed by atoms with Crippen LogP contribution in [0.4, 0.5) is 16.4 Å². The second-order valence-electron chi connectivity index (χ2n) is 8.35. The maximum atomic E-state index is 11.5. The van der Waals surface area contributed by atoms with E-state index in [9.17, 15) is 4.79 Å². The molecule has 4 heterocycles. The van der Waals surface area contributed by atoms with Gasteiger partial charge in [0.15, 0.2) is 5.65 Å². The highest BCUT2D eigenvalue weighted by Gasteiger charge is 2.26. The van der Waals surface area contributed by atoms with Gasteiger partial charge in [-0.15, -0.1) is 0 Å². The molecule has 174 valence electrons. The summed E-state index contributed by atoms with van der Waals surface area (Å²) in [5, 5.41) is 8.30. The zero-order valence-electron chi connectivity index (χ0n) is 18.9. The highest BCUT2D eigenvalue weighted by molar-refractivity contribution is 5.92.